The Morgan fingerprint density at radius 2 is 1.74 bits per heavy atom. The van der Waals surface area contributed by atoms with Crippen LogP contribution in [0, 0.1) is 6.92 Å². The lowest BCUT2D eigenvalue weighted by atomic mass is 10.1. The van der Waals surface area contributed by atoms with E-state index in [1.165, 1.54) is 0 Å². The average Bonchev–Trinajstić information content (AvgIpc) is 3.05. The van der Waals surface area contributed by atoms with Gasteiger partial charge in [-0.3, -0.25) is 19.1 Å². The summed E-state index contributed by atoms with van der Waals surface area (Å²) < 4.78 is 12.5. The molecule has 0 spiro atoms. The van der Waals surface area contributed by atoms with Crippen molar-refractivity contribution >= 4 is 34.4 Å². The quantitative estimate of drug-likeness (QED) is 0.374. The van der Waals surface area contributed by atoms with Crippen molar-refractivity contribution in [3.63, 3.8) is 0 Å². The Morgan fingerprint density at radius 3 is 2.35 bits per heavy atom. The number of ether oxygens (including phenoxy) is 2. The van der Waals surface area contributed by atoms with Crippen LogP contribution in [0.1, 0.15) is 35.5 Å². The number of hydrogen-bond acceptors (Lipinski definition) is 5. The van der Waals surface area contributed by atoms with E-state index < -0.39 is 0 Å². The summed E-state index contributed by atoms with van der Waals surface area (Å²) in [5.74, 6) is 0.129. The van der Waals surface area contributed by atoms with E-state index in [0.29, 0.717) is 27.5 Å². The summed E-state index contributed by atoms with van der Waals surface area (Å²) in [7, 11) is 1.59. The van der Waals surface area contributed by atoms with E-state index in [1.807, 2.05) is 37.8 Å². The molecule has 31 heavy (non-hydrogen) atoms. The van der Waals surface area contributed by atoms with Gasteiger partial charge >= 0.3 is 5.97 Å². The fraction of sp³-hybridized carbons (Fsp3) is 0.333. The number of hydrogen-bond donors (Lipinski definition) is 0. The molecule has 0 aliphatic rings. The molecule has 6 nitrogen and oxygen atoms in total. The van der Waals surface area contributed by atoms with Crippen molar-refractivity contribution < 1.29 is 19.1 Å². The molecule has 0 fully saturated rings. The highest BCUT2D eigenvalue weighted by atomic mass is 35.5. The number of carbonyl (C=O) groups is 2. The smallest absolute Gasteiger partial charge is 0.311 e. The molecule has 0 N–H and O–H groups in total. The molecule has 1 aromatic heterocycles. The number of rotatable bonds is 8. The van der Waals surface area contributed by atoms with Gasteiger partial charge in [-0.15, -0.1) is 0 Å². The Balaban J connectivity index is 2.00. The van der Waals surface area contributed by atoms with Gasteiger partial charge in [-0.2, -0.15) is 0 Å². The van der Waals surface area contributed by atoms with Crippen molar-refractivity contribution in [2.45, 2.75) is 27.2 Å². The van der Waals surface area contributed by atoms with E-state index in [-0.39, 0.29) is 25.0 Å². The van der Waals surface area contributed by atoms with Gasteiger partial charge in [0.1, 0.15) is 12.5 Å². The summed E-state index contributed by atoms with van der Waals surface area (Å²) in [5.41, 5.74) is 2.67. The van der Waals surface area contributed by atoms with Crippen LogP contribution in [0.15, 0.2) is 42.5 Å². The number of fused-ring (bicyclic) bond motifs is 1. The van der Waals surface area contributed by atoms with Crippen molar-refractivity contribution in [1.82, 2.24) is 9.47 Å². The molecule has 0 bridgehead atoms. The third kappa shape index (κ3) is 4.92. The molecule has 0 aliphatic carbocycles. The first-order chi connectivity index (χ1) is 14.9. The maximum Gasteiger partial charge on any atom is 0.311 e. The third-order valence-corrected chi connectivity index (χ3v) is 5.71. The summed E-state index contributed by atoms with van der Waals surface area (Å²) in [4.78, 5) is 27.9. The molecule has 0 radical (unpaired) electrons. The molecular formula is C24H27ClN2O4. The highest BCUT2D eigenvalue weighted by Crippen LogP contribution is 2.31. The Bertz CT molecular complexity index is 1090. The summed E-state index contributed by atoms with van der Waals surface area (Å²) in [6.45, 7) is 7.72. The van der Waals surface area contributed by atoms with Gasteiger partial charge in [-0.25, -0.2) is 0 Å². The van der Waals surface area contributed by atoms with Crippen molar-refractivity contribution in [3.8, 4) is 5.75 Å². The minimum Gasteiger partial charge on any atom is -0.497 e. The molecule has 7 heteroatoms. The van der Waals surface area contributed by atoms with E-state index in [9.17, 15) is 9.59 Å². The SMILES string of the molecule is CCN(CC)COC(=O)Cc1c(C)n(C(=O)c2ccc(Cl)cc2)c2ccc(OC)cc12. The standard InChI is InChI=1S/C24H27ClN2O4/c1-5-26(6-2)15-31-23(28)14-20-16(3)27(22-12-11-19(30-4)13-21(20)22)24(29)17-7-9-18(25)10-8-17/h7-13H,5-6,14-15H2,1-4H3. The van der Waals surface area contributed by atoms with Crippen LogP contribution in [0.2, 0.25) is 5.02 Å². The highest BCUT2D eigenvalue weighted by molar-refractivity contribution is 6.30. The topological polar surface area (TPSA) is 60.8 Å². The summed E-state index contributed by atoms with van der Waals surface area (Å²) in [6.07, 6.45) is 0.0671. The van der Waals surface area contributed by atoms with E-state index in [2.05, 4.69) is 0 Å². The predicted octanol–water partition coefficient (Wildman–Crippen LogP) is 4.69. The lowest BCUT2D eigenvalue weighted by Crippen LogP contribution is -2.28. The first-order valence-corrected chi connectivity index (χ1v) is 10.6. The number of benzene rings is 2. The van der Waals surface area contributed by atoms with Crippen LogP contribution >= 0.6 is 11.6 Å². The van der Waals surface area contributed by atoms with E-state index >= 15 is 0 Å². The second kappa shape index (κ2) is 9.98. The van der Waals surface area contributed by atoms with E-state index in [1.54, 1.807) is 42.0 Å². The van der Waals surface area contributed by atoms with Gasteiger partial charge < -0.3 is 9.47 Å². The molecule has 2 aromatic carbocycles. The molecule has 0 saturated heterocycles. The number of methoxy groups -OCH3 is 1. The molecule has 164 valence electrons. The molecule has 3 aromatic rings. The van der Waals surface area contributed by atoms with Gasteiger partial charge in [0.25, 0.3) is 5.91 Å². The van der Waals surface area contributed by atoms with Crippen LogP contribution in [0.25, 0.3) is 10.9 Å². The number of halogens is 1. The summed E-state index contributed by atoms with van der Waals surface area (Å²) in [5, 5.41) is 1.35. The lowest BCUT2D eigenvalue weighted by Gasteiger charge is -2.17. The second-order valence-corrected chi connectivity index (χ2v) is 7.66. The Labute approximate surface area is 187 Å². The van der Waals surface area contributed by atoms with Crippen LogP contribution < -0.4 is 4.74 Å². The van der Waals surface area contributed by atoms with Gasteiger partial charge in [-0.05, 0) is 68.0 Å². The van der Waals surface area contributed by atoms with Crippen molar-refractivity contribution in [2.75, 3.05) is 26.9 Å². The Kier molecular flexibility index (Phi) is 7.36. The fourth-order valence-electron chi connectivity index (χ4n) is 3.56. The molecule has 3 rings (SSSR count). The maximum atomic E-state index is 13.3. The van der Waals surface area contributed by atoms with Gasteiger partial charge in [-0.1, -0.05) is 25.4 Å². The Morgan fingerprint density at radius 1 is 1.06 bits per heavy atom. The summed E-state index contributed by atoms with van der Waals surface area (Å²) >= 11 is 5.97. The third-order valence-electron chi connectivity index (χ3n) is 5.46. The largest absolute Gasteiger partial charge is 0.497 e. The number of nitrogens with zero attached hydrogens (tertiary/aromatic N) is 2. The molecule has 0 atom stereocenters. The van der Waals surface area contributed by atoms with Crippen LogP contribution in [-0.2, 0) is 16.0 Å². The first-order valence-electron chi connectivity index (χ1n) is 10.3. The lowest BCUT2D eigenvalue weighted by molar-refractivity contribution is -0.147. The molecule has 0 aliphatic heterocycles. The van der Waals surface area contributed by atoms with Crippen LogP contribution in [0.4, 0.5) is 0 Å². The zero-order valence-corrected chi connectivity index (χ0v) is 19.0. The van der Waals surface area contributed by atoms with Crippen LogP contribution in [0.3, 0.4) is 0 Å². The number of esters is 1. The minimum atomic E-state index is -0.337. The Hall–Kier alpha value is -2.83. The van der Waals surface area contributed by atoms with Crippen LogP contribution in [-0.4, -0.2) is 48.3 Å². The molecule has 0 unspecified atom stereocenters. The summed E-state index contributed by atoms with van der Waals surface area (Å²) in [6, 6.07) is 12.2. The maximum absolute atomic E-state index is 13.3. The van der Waals surface area contributed by atoms with Crippen molar-refractivity contribution in [2.24, 2.45) is 0 Å². The molecular weight excluding hydrogens is 416 g/mol. The van der Waals surface area contributed by atoms with Gasteiger partial charge in [0.15, 0.2) is 0 Å². The number of aromatic nitrogens is 1. The zero-order valence-electron chi connectivity index (χ0n) is 18.3. The first kappa shape index (κ1) is 22.8. The zero-order chi connectivity index (χ0) is 22.5. The predicted molar refractivity (Wildman–Crippen MR) is 122 cm³/mol. The van der Waals surface area contributed by atoms with Crippen molar-refractivity contribution in [1.29, 1.82) is 0 Å². The van der Waals surface area contributed by atoms with Crippen molar-refractivity contribution in [3.05, 3.63) is 64.3 Å². The van der Waals surface area contributed by atoms with Crippen LogP contribution in [0.5, 0.6) is 5.75 Å². The van der Waals surface area contributed by atoms with E-state index in [0.717, 1.165) is 24.0 Å². The second-order valence-electron chi connectivity index (χ2n) is 7.22. The van der Waals surface area contributed by atoms with Gasteiger partial charge in [0.05, 0.1) is 19.0 Å². The van der Waals surface area contributed by atoms with E-state index in [4.69, 9.17) is 21.1 Å². The van der Waals surface area contributed by atoms with Gasteiger partial charge in [0.2, 0.25) is 0 Å². The molecule has 0 amide bonds. The van der Waals surface area contributed by atoms with Gasteiger partial charge in [0, 0.05) is 21.7 Å². The highest BCUT2D eigenvalue weighted by Gasteiger charge is 2.22. The minimum absolute atomic E-state index is 0.0671. The monoisotopic (exact) mass is 442 g/mol. The fourth-order valence-corrected chi connectivity index (χ4v) is 3.69. The number of carbonyl (C=O) groups excluding carboxylic acids is 2. The average molecular weight is 443 g/mol. The normalized spacial score (nSPS) is 11.2. The molecule has 1 heterocycles. The molecule has 0 saturated carbocycles.